The van der Waals surface area contributed by atoms with Gasteiger partial charge in [0, 0.05) is 7.05 Å². The first-order chi connectivity index (χ1) is 8.08. The minimum Gasteiger partial charge on any atom is -0.478 e. The van der Waals surface area contributed by atoms with Crippen LogP contribution in [0.2, 0.25) is 0 Å². The van der Waals surface area contributed by atoms with Gasteiger partial charge in [-0.3, -0.25) is 0 Å². The van der Waals surface area contributed by atoms with Crippen LogP contribution in [0.3, 0.4) is 0 Å². The highest BCUT2D eigenvalue weighted by atomic mass is 32.2. The lowest BCUT2D eigenvalue weighted by atomic mass is 10.3. The molecule has 2 aromatic heterocycles. The summed E-state index contributed by atoms with van der Waals surface area (Å²) < 4.78 is 14.4. The van der Waals surface area contributed by atoms with E-state index in [1.54, 1.807) is 7.05 Å². The third-order valence-electron chi connectivity index (χ3n) is 1.91. The molecule has 0 aliphatic rings. The van der Waals surface area contributed by atoms with Crippen LogP contribution >= 0.6 is 11.8 Å². The Labute approximate surface area is 99.5 Å². The van der Waals surface area contributed by atoms with E-state index in [0.717, 1.165) is 24.0 Å². The number of hydrogen-bond donors (Lipinski definition) is 1. The van der Waals surface area contributed by atoms with Gasteiger partial charge >= 0.3 is 5.97 Å². The van der Waals surface area contributed by atoms with Gasteiger partial charge in [0.2, 0.25) is 0 Å². The summed E-state index contributed by atoms with van der Waals surface area (Å²) in [6.45, 7) is 0. The van der Waals surface area contributed by atoms with Crippen molar-refractivity contribution < 1.29 is 14.3 Å². The highest BCUT2D eigenvalue weighted by molar-refractivity contribution is 7.99. The lowest BCUT2D eigenvalue weighted by molar-refractivity contribution is 0.0691. The maximum absolute atomic E-state index is 12.9. The van der Waals surface area contributed by atoms with Crippen molar-refractivity contribution in [2.24, 2.45) is 7.05 Å². The molecule has 0 aromatic carbocycles. The Morgan fingerprint density at radius 2 is 2.29 bits per heavy atom. The van der Waals surface area contributed by atoms with Crippen molar-refractivity contribution in [3.63, 3.8) is 0 Å². The third kappa shape index (κ3) is 2.41. The minimum absolute atomic E-state index is 0.176. The van der Waals surface area contributed by atoms with Crippen LogP contribution in [-0.2, 0) is 7.05 Å². The maximum Gasteiger partial charge on any atom is 0.338 e. The Balaban J connectivity index is 2.39. The quantitative estimate of drug-likeness (QED) is 0.886. The predicted molar refractivity (Wildman–Crippen MR) is 56.3 cm³/mol. The van der Waals surface area contributed by atoms with Crippen LogP contribution in [0.5, 0.6) is 0 Å². The number of hydrogen-bond acceptors (Lipinski definition) is 5. The SMILES string of the molecule is Cn1ncnc1Sc1ncc(F)cc1C(=O)O. The molecule has 8 heteroatoms. The van der Waals surface area contributed by atoms with Crippen LogP contribution in [0.1, 0.15) is 10.4 Å². The fraction of sp³-hybridized carbons (Fsp3) is 0.111. The summed E-state index contributed by atoms with van der Waals surface area (Å²) in [6, 6.07) is 0.925. The molecule has 2 aromatic rings. The smallest absolute Gasteiger partial charge is 0.338 e. The van der Waals surface area contributed by atoms with Gasteiger partial charge < -0.3 is 5.11 Å². The van der Waals surface area contributed by atoms with E-state index in [1.807, 2.05) is 0 Å². The lowest BCUT2D eigenvalue weighted by Gasteiger charge is -2.03. The molecule has 88 valence electrons. The standard InChI is InChI=1S/C9H7FN4O2S/c1-14-9(12-4-13-14)17-7-6(8(15)16)2-5(10)3-11-7/h2-4H,1H3,(H,15,16). The molecule has 0 bridgehead atoms. The second-order valence-corrected chi connectivity index (χ2v) is 4.04. The molecule has 0 aliphatic carbocycles. The Morgan fingerprint density at radius 3 is 2.88 bits per heavy atom. The molecule has 0 amide bonds. The summed E-state index contributed by atoms with van der Waals surface area (Å²) in [7, 11) is 1.67. The van der Waals surface area contributed by atoms with Crippen LogP contribution in [0.4, 0.5) is 4.39 Å². The maximum atomic E-state index is 12.9. The molecule has 2 rings (SSSR count). The first-order valence-corrected chi connectivity index (χ1v) is 5.30. The molecule has 0 saturated carbocycles. The molecule has 0 spiro atoms. The van der Waals surface area contributed by atoms with Crippen molar-refractivity contribution in [1.29, 1.82) is 0 Å². The molecule has 0 aliphatic heterocycles. The molecule has 6 nitrogen and oxygen atoms in total. The van der Waals surface area contributed by atoms with Gasteiger partial charge in [0.05, 0.1) is 11.8 Å². The van der Waals surface area contributed by atoms with Crippen LogP contribution in [0.25, 0.3) is 0 Å². The van der Waals surface area contributed by atoms with Crippen LogP contribution in [0, 0.1) is 5.82 Å². The number of aromatic nitrogens is 4. The molecule has 0 fully saturated rings. The molecule has 2 heterocycles. The lowest BCUT2D eigenvalue weighted by Crippen LogP contribution is -2.03. The summed E-state index contributed by atoms with van der Waals surface area (Å²) >= 11 is 1.02. The molecule has 1 N–H and O–H groups in total. The van der Waals surface area contributed by atoms with Gasteiger partial charge in [-0.05, 0) is 17.8 Å². The molecule has 0 unspecified atom stereocenters. The molecule has 0 radical (unpaired) electrons. The van der Waals surface area contributed by atoms with E-state index in [4.69, 9.17) is 5.11 Å². The van der Waals surface area contributed by atoms with Gasteiger partial charge in [-0.15, -0.1) is 0 Å². The van der Waals surface area contributed by atoms with E-state index >= 15 is 0 Å². The van der Waals surface area contributed by atoms with Gasteiger partial charge in [0.1, 0.15) is 17.2 Å². The zero-order chi connectivity index (χ0) is 12.4. The number of carbonyl (C=O) groups is 1. The van der Waals surface area contributed by atoms with E-state index in [0.29, 0.717) is 5.16 Å². The molecular weight excluding hydrogens is 247 g/mol. The van der Waals surface area contributed by atoms with Crippen molar-refractivity contribution >= 4 is 17.7 Å². The average molecular weight is 254 g/mol. The number of nitrogens with zero attached hydrogens (tertiary/aromatic N) is 4. The van der Waals surface area contributed by atoms with Gasteiger partial charge in [-0.25, -0.2) is 23.8 Å². The first kappa shape index (κ1) is 11.5. The second-order valence-electron chi connectivity index (χ2n) is 3.08. The minimum atomic E-state index is -1.23. The number of pyridine rings is 1. The number of aryl methyl sites for hydroxylation is 1. The average Bonchev–Trinajstić information content (AvgIpc) is 2.67. The van der Waals surface area contributed by atoms with E-state index in [9.17, 15) is 9.18 Å². The molecule has 0 atom stereocenters. The number of halogens is 1. The van der Waals surface area contributed by atoms with Crippen molar-refractivity contribution in [3.8, 4) is 0 Å². The van der Waals surface area contributed by atoms with Crippen molar-refractivity contribution in [1.82, 2.24) is 19.7 Å². The first-order valence-electron chi connectivity index (χ1n) is 4.48. The summed E-state index contributed by atoms with van der Waals surface area (Å²) in [6.07, 6.45) is 2.30. The second kappa shape index (κ2) is 4.50. The Hall–Kier alpha value is -1.96. The summed E-state index contributed by atoms with van der Waals surface area (Å²) in [5.41, 5.74) is -0.196. The Bertz CT molecular complexity index is 572. The van der Waals surface area contributed by atoms with Gasteiger partial charge in [0.25, 0.3) is 0 Å². The monoisotopic (exact) mass is 254 g/mol. The molecule has 0 saturated heterocycles. The third-order valence-corrected chi connectivity index (χ3v) is 2.98. The van der Waals surface area contributed by atoms with E-state index in [2.05, 4.69) is 15.1 Å². The highest BCUT2D eigenvalue weighted by Crippen LogP contribution is 2.26. The summed E-state index contributed by atoms with van der Waals surface area (Å²) in [5.74, 6) is -1.92. The molecular formula is C9H7FN4O2S. The number of aromatic carboxylic acids is 1. The fourth-order valence-corrected chi connectivity index (χ4v) is 1.94. The van der Waals surface area contributed by atoms with Crippen LogP contribution in [-0.4, -0.2) is 30.8 Å². The summed E-state index contributed by atoms with van der Waals surface area (Å²) in [5, 5.41) is 13.4. The summed E-state index contributed by atoms with van der Waals surface area (Å²) in [4.78, 5) is 18.6. The normalized spacial score (nSPS) is 10.5. The van der Waals surface area contributed by atoms with Gasteiger partial charge in [-0.1, -0.05) is 0 Å². The van der Waals surface area contributed by atoms with Crippen LogP contribution < -0.4 is 0 Å². The highest BCUT2D eigenvalue weighted by Gasteiger charge is 2.16. The number of carboxylic acids is 1. The van der Waals surface area contributed by atoms with Crippen molar-refractivity contribution in [2.75, 3.05) is 0 Å². The van der Waals surface area contributed by atoms with Crippen LogP contribution in [0.15, 0.2) is 28.8 Å². The van der Waals surface area contributed by atoms with Crippen molar-refractivity contribution in [3.05, 3.63) is 30.0 Å². The zero-order valence-electron chi connectivity index (χ0n) is 8.66. The van der Waals surface area contributed by atoms with Gasteiger partial charge in [0.15, 0.2) is 5.16 Å². The number of carboxylic acid groups (broad SMARTS) is 1. The van der Waals surface area contributed by atoms with Crippen molar-refractivity contribution in [2.45, 2.75) is 10.2 Å². The number of rotatable bonds is 3. The van der Waals surface area contributed by atoms with E-state index < -0.39 is 11.8 Å². The Morgan fingerprint density at radius 1 is 1.53 bits per heavy atom. The van der Waals surface area contributed by atoms with E-state index in [-0.39, 0.29) is 10.6 Å². The topological polar surface area (TPSA) is 80.9 Å². The largest absolute Gasteiger partial charge is 0.478 e. The van der Waals surface area contributed by atoms with Gasteiger partial charge in [-0.2, -0.15) is 5.10 Å². The zero-order valence-corrected chi connectivity index (χ0v) is 9.48. The fourth-order valence-electron chi connectivity index (χ4n) is 1.13. The molecule has 17 heavy (non-hydrogen) atoms. The van der Waals surface area contributed by atoms with E-state index in [1.165, 1.54) is 11.0 Å². The predicted octanol–water partition coefficient (Wildman–Crippen LogP) is 1.20. The Kier molecular flexibility index (Phi) is 3.05.